The van der Waals surface area contributed by atoms with Crippen LogP contribution in [0, 0.1) is 11.8 Å². The number of ether oxygens (including phenoxy) is 1. The molecule has 1 heterocycles. The number of hydrogen-bond donors (Lipinski definition) is 1. The zero-order valence-corrected chi connectivity index (χ0v) is 20.6. The summed E-state index contributed by atoms with van der Waals surface area (Å²) in [5, 5.41) is 3.78. The van der Waals surface area contributed by atoms with Gasteiger partial charge in [0.2, 0.25) is 11.8 Å². The highest BCUT2D eigenvalue weighted by Crippen LogP contribution is 2.32. The average Bonchev–Trinajstić information content (AvgIpc) is 2.88. The maximum absolute atomic E-state index is 13.4. The molecule has 2 atom stereocenters. The van der Waals surface area contributed by atoms with Gasteiger partial charge in [-0.25, -0.2) is 0 Å². The lowest BCUT2D eigenvalue weighted by molar-refractivity contribution is -0.143. The fraction of sp³-hybridized carbons (Fsp3) is 0.481. The Morgan fingerprint density at radius 2 is 1.71 bits per heavy atom. The molecule has 2 aliphatic rings. The summed E-state index contributed by atoms with van der Waals surface area (Å²) in [6.07, 6.45) is 4.32. The van der Waals surface area contributed by atoms with Gasteiger partial charge in [0.15, 0.2) is 0 Å². The number of carbonyl (C=O) groups is 2. The van der Waals surface area contributed by atoms with Gasteiger partial charge >= 0.3 is 0 Å². The molecule has 4 rings (SSSR count). The lowest BCUT2D eigenvalue weighted by Gasteiger charge is -2.39. The molecule has 0 bridgehead atoms. The first-order chi connectivity index (χ1) is 16.5. The van der Waals surface area contributed by atoms with E-state index in [0.717, 1.165) is 62.2 Å². The number of rotatable bonds is 7. The molecule has 1 saturated carbocycles. The number of methoxy groups -OCH3 is 1. The molecular weight excluding hydrogens is 450 g/mol. The quantitative estimate of drug-likeness (QED) is 0.642. The lowest BCUT2D eigenvalue weighted by Crippen LogP contribution is -2.53. The Morgan fingerprint density at radius 1 is 1.00 bits per heavy atom. The minimum absolute atomic E-state index is 0.0111. The van der Waals surface area contributed by atoms with E-state index in [-0.39, 0.29) is 23.7 Å². The molecule has 1 aliphatic carbocycles. The highest BCUT2D eigenvalue weighted by molar-refractivity contribution is 6.30. The van der Waals surface area contributed by atoms with Gasteiger partial charge in [-0.1, -0.05) is 36.6 Å². The zero-order valence-electron chi connectivity index (χ0n) is 19.8. The molecule has 0 radical (unpaired) electrons. The van der Waals surface area contributed by atoms with Crippen LogP contribution in [0.3, 0.4) is 0 Å². The number of halogens is 1. The van der Waals surface area contributed by atoms with Crippen LogP contribution in [-0.4, -0.2) is 56.5 Å². The zero-order chi connectivity index (χ0) is 23.9. The highest BCUT2D eigenvalue weighted by atomic mass is 35.5. The third kappa shape index (κ3) is 6.03. The Hall–Kier alpha value is -2.73. The molecule has 34 heavy (non-hydrogen) atoms. The van der Waals surface area contributed by atoms with Crippen molar-refractivity contribution in [2.24, 2.45) is 11.8 Å². The fourth-order valence-electron chi connectivity index (χ4n) is 5.11. The molecule has 2 aromatic rings. The highest BCUT2D eigenvalue weighted by Gasteiger charge is 2.38. The summed E-state index contributed by atoms with van der Waals surface area (Å²) in [6, 6.07) is 15.7. The minimum Gasteiger partial charge on any atom is -0.497 e. The summed E-state index contributed by atoms with van der Waals surface area (Å²) in [5.74, 6) is 0.542. The molecular formula is C27H34ClN3O3. The van der Waals surface area contributed by atoms with E-state index in [9.17, 15) is 9.59 Å². The summed E-state index contributed by atoms with van der Waals surface area (Å²) in [4.78, 5) is 30.7. The summed E-state index contributed by atoms with van der Waals surface area (Å²) >= 11 is 6.05. The van der Waals surface area contributed by atoms with Gasteiger partial charge in [-0.3, -0.25) is 9.59 Å². The third-order valence-electron chi connectivity index (χ3n) is 7.05. The maximum Gasteiger partial charge on any atom is 0.226 e. The largest absolute Gasteiger partial charge is 0.497 e. The lowest BCUT2D eigenvalue weighted by atomic mass is 9.77. The molecule has 1 saturated heterocycles. The van der Waals surface area contributed by atoms with E-state index in [1.165, 1.54) is 0 Å². The van der Waals surface area contributed by atoms with Crippen molar-refractivity contribution in [3.8, 4) is 5.75 Å². The second-order valence-corrected chi connectivity index (χ2v) is 9.62. The Morgan fingerprint density at radius 3 is 2.38 bits per heavy atom. The van der Waals surface area contributed by atoms with Gasteiger partial charge in [0, 0.05) is 55.3 Å². The molecule has 2 amide bonds. The average molecular weight is 484 g/mol. The first-order valence-corrected chi connectivity index (χ1v) is 12.6. The number of hydrogen-bond acceptors (Lipinski definition) is 4. The fourth-order valence-corrected chi connectivity index (χ4v) is 5.32. The molecule has 0 aromatic heterocycles. The number of benzene rings is 2. The Bertz CT molecular complexity index is 973. The van der Waals surface area contributed by atoms with Gasteiger partial charge in [-0.15, -0.1) is 0 Å². The van der Waals surface area contributed by atoms with Crippen molar-refractivity contribution < 1.29 is 14.3 Å². The smallest absolute Gasteiger partial charge is 0.226 e. The first-order valence-electron chi connectivity index (χ1n) is 12.2. The van der Waals surface area contributed by atoms with Crippen molar-refractivity contribution in [1.82, 2.24) is 10.2 Å². The number of nitrogens with zero attached hydrogens (tertiary/aromatic N) is 2. The number of amides is 2. The second-order valence-electron chi connectivity index (χ2n) is 9.18. The van der Waals surface area contributed by atoms with E-state index in [1.807, 2.05) is 41.3 Å². The van der Waals surface area contributed by atoms with Crippen LogP contribution in [0.2, 0.25) is 5.02 Å². The summed E-state index contributed by atoms with van der Waals surface area (Å²) < 4.78 is 5.24. The number of nitrogens with one attached hydrogen (secondary N) is 1. The molecule has 2 fully saturated rings. The van der Waals surface area contributed by atoms with Crippen molar-refractivity contribution in [3.63, 3.8) is 0 Å². The Kier molecular flexibility index (Phi) is 8.33. The Balaban J connectivity index is 1.29. The molecule has 182 valence electrons. The van der Waals surface area contributed by atoms with Crippen LogP contribution in [0.4, 0.5) is 5.69 Å². The van der Waals surface area contributed by atoms with Crippen molar-refractivity contribution >= 4 is 29.1 Å². The summed E-state index contributed by atoms with van der Waals surface area (Å²) in [7, 11) is 1.66. The van der Waals surface area contributed by atoms with E-state index in [0.29, 0.717) is 24.7 Å². The monoisotopic (exact) mass is 483 g/mol. The van der Waals surface area contributed by atoms with E-state index in [4.69, 9.17) is 16.3 Å². The van der Waals surface area contributed by atoms with E-state index in [2.05, 4.69) is 22.3 Å². The minimum atomic E-state index is -0.236. The van der Waals surface area contributed by atoms with Crippen LogP contribution < -0.4 is 15.0 Å². The van der Waals surface area contributed by atoms with Crippen molar-refractivity contribution in [1.29, 1.82) is 0 Å². The number of carbonyl (C=O) groups excluding carboxylic acids is 2. The van der Waals surface area contributed by atoms with Gasteiger partial charge in [0.25, 0.3) is 0 Å². The van der Waals surface area contributed by atoms with Crippen LogP contribution in [0.15, 0.2) is 48.5 Å². The van der Waals surface area contributed by atoms with Crippen LogP contribution in [0.5, 0.6) is 5.75 Å². The van der Waals surface area contributed by atoms with Gasteiger partial charge in [-0.05, 0) is 61.2 Å². The van der Waals surface area contributed by atoms with E-state index >= 15 is 0 Å². The molecule has 1 N–H and O–H groups in total. The van der Waals surface area contributed by atoms with Gasteiger partial charge in [-0.2, -0.15) is 0 Å². The van der Waals surface area contributed by atoms with Crippen molar-refractivity contribution in [2.45, 2.75) is 32.1 Å². The van der Waals surface area contributed by atoms with Gasteiger partial charge in [0.05, 0.1) is 7.11 Å². The van der Waals surface area contributed by atoms with Crippen molar-refractivity contribution in [3.05, 3.63) is 59.1 Å². The Labute approximate surface area is 207 Å². The molecule has 1 aliphatic heterocycles. The standard InChI is InChI=1S/C27H34ClN3O3/c1-34-23-11-9-22(10-12-23)30-15-17-31(18-16-30)27(33)25-8-3-2-7-24(25)26(32)29-14-13-20-5-4-6-21(28)19-20/h4-6,9-12,19,24-25H,2-3,7-8,13-18H2,1H3,(H,29,32). The molecule has 2 unspecified atom stereocenters. The van der Waals surface area contributed by atoms with Crippen LogP contribution in [0.1, 0.15) is 31.2 Å². The topological polar surface area (TPSA) is 61.9 Å². The van der Waals surface area contributed by atoms with E-state index < -0.39 is 0 Å². The van der Waals surface area contributed by atoms with Crippen LogP contribution >= 0.6 is 11.6 Å². The third-order valence-corrected chi connectivity index (χ3v) is 7.29. The normalized spacial score (nSPS) is 20.6. The van der Waals surface area contributed by atoms with E-state index in [1.54, 1.807) is 7.11 Å². The van der Waals surface area contributed by atoms with Crippen LogP contribution in [0.25, 0.3) is 0 Å². The maximum atomic E-state index is 13.4. The molecule has 0 spiro atoms. The summed E-state index contributed by atoms with van der Waals surface area (Å²) in [6.45, 7) is 3.51. The van der Waals surface area contributed by atoms with Crippen molar-refractivity contribution in [2.75, 3.05) is 44.7 Å². The first kappa shape index (κ1) is 24.4. The van der Waals surface area contributed by atoms with Crippen LogP contribution in [-0.2, 0) is 16.0 Å². The SMILES string of the molecule is COc1ccc(N2CCN(C(=O)C3CCCCC3C(=O)NCCc3cccc(Cl)c3)CC2)cc1. The molecule has 7 heteroatoms. The predicted octanol–water partition coefficient (Wildman–Crippen LogP) is 4.16. The molecule has 6 nitrogen and oxygen atoms in total. The van der Waals surface area contributed by atoms with Gasteiger partial charge in [0.1, 0.15) is 5.75 Å². The molecule has 2 aromatic carbocycles. The predicted molar refractivity (Wildman–Crippen MR) is 135 cm³/mol. The number of piperazine rings is 1. The second kappa shape index (κ2) is 11.6. The van der Waals surface area contributed by atoms with Gasteiger partial charge < -0.3 is 19.9 Å². The number of anilines is 1. The summed E-state index contributed by atoms with van der Waals surface area (Å²) in [5.41, 5.74) is 2.24.